The topological polar surface area (TPSA) is 67.8 Å². The lowest BCUT2D eigenvalue weighted by atomic mass is 10.1. The molecule has 0 amide bonds. The maximum absolute atomic E-state index is 5.58. The summed E-state index contributed by atoms with van der Waals surface area (Å²) < 4.78 is 5.54. The zero-order valence-corrected chi connectivity index (χ0v) is 8.29. The SMILES string of the molecule is Cc1ccc(-c2c(CN)n[nH]c2C)o1. The molecule has 14 heavy (non-hydrogen) atoms. The fourth-order valence-electron chi connectivity index (χ4n) is 1.52. The Balaban J connectivity index is 2.54. The van der Waals surface area contributed by atoms with Crippen LogP contribution in [0.2, 0.25) is 0 Å². The summed E-state index contributed by atoms with van der Waals surface area (Å²) in [4.78, 5) is 0. The van der Waals surface area contributed by atoms with Crippen LogP contribution in [0.3, 0.4) is 0 Å². The number of aromatic nitrogens is 2. The average molecular weight is 191 g/mol. The fourth-order valence-corrected chi connectivity index (χ4v) is 1.52. The Morgan fingerprint density at radius 2 is 2.21 bits per heavy atom. The molecule has 3 N–H and O–H groups in total. The van der Waals surface area contributed by atoms with Crippen LogP contribution >= 0.6 is 0 Å². The molecule has 0 aliphatic carbocycles. The van der Waals surface area contributed by atoms with Crippen LogP contribution in [0.5, 0.6) is 0 Å². The van der Waals surface area contributed by atoms with Gasteiger partial charge in [-0.2, -0.15) is 5.10 Å². The van der Waals surface area contributed by atoms with Crippen molar-refractivity contribution in [2.75, 3.05) is 0 Å². The number of nitrogens with two attached hydrogens (primary N) is 1. The summed E-state index contributed by atoms with van der Waals surface area (Å²) in [6, 6.07) is 3.87. The van der Waals surface area contributed by atoms with Gasteiger partial charge in [0.15, 0.2) is 0 Å². The summed E-state index contributed by atoms with van der Waals surface area (Å²) in [7, 11) is 0. The van der Waals surface area contributed by atoms with E-state index in [4.69, 9.17) is 10.2 Å². The molecule has 0 atom stereocenters. The summed E-state index contributed by atoms with van der Waals surface area (Å²) >= 11 is 0. The molecule has 0 unspecified atom stereocenters. The van der Waals surface area contributed by atoms with E-state index in [9.17, 15) is 0 Å². The third-order valence-corrected chi connectivity index (χ3v) is 2.20. The second-order valence-electron chi connectivity index (χ2n) is 3.28. The smallest absolute Gasteiger partial charge is 0.138 e. The number of nitrogens with one attached hydrogen (secondary N) is 1. The van der Waals surface area contributed by atoms with E-state index in [-0.39, 0.29) is 0 Å². The molecule has 2 rings (SSSR count). The predicted molar refractivity (Wildman–Crippen MR) is 53.7 cm³/mol. The highest BCUT2D eigenvalue weighted by Crippen LogP contribution is 2.26. The molecule has 0 aliphatic heterocycles. The number of hydrogen-bond acceptors (Lipinski definition) is 3. The van der Waals surface area contributed by atoms with E-state index in [1.807, 2.05) is 26.0 Å². The second kappa shape index (κ2) is 3.31. The van der Waals surface area contributed by atoms with Crippen LogP contribution < -0.4 is 5.73 Å². The summed E-state index contributed by atoms with van der Waals surface area (Å²) in [6.45, 7) is 4.29. The normalized spacial score (nSPS) is 10.8. The highest BCUT2D eigenvalue weighted by molar-refractivity contribution is 5.63. The zero-order chi connectivity index (χ0) is 10.1. The van der Waals surface area contributed by atoms with Crippen molar-refractivity contribution in [1.82, 2.24) is 10.2 Å². The lowest BCUT2D eigenvalue weighted by molar-refractivity contribution is 0.547. The molecule has 4 nitrogen and oxygen atoms in total. The predicted octanol–water partition coefficient (Wildman–Crippen LogP) is 1.75. The quantitative estimate of drug-likeness (QED) is 0.759. The van der Waals surface area contributed by atoms with Crippen LogP contribution in [0.1, 0.15) is 17.1 Å². The van der Waals surface area contributed by atoms with Crippen molar-refractivity contribution in [3.63, 3.8) is 0 Å². The number of H-pyrrole nitrogens is 1. The Labute approximate surface area is 82.1 Å². The highest BCUT2D eigenvalue weighted by atomic mass is 16.3. The Kier molecular flexibility index (Phi) is 2.13. The Bertz CT molecular complexity index is 442. The van der Waals surface area contributed by atoms with Crippen molar-refractivity contribution < 1.29 is 4.42 Å². The van der Waals surface area contributed by atoms with Gasteiger partial charge in [0.05, 0.1) is 11.3 Å². The second-order valence-corrected chi connectivity index (χ2v) is 3.28. The first-order chi connectivity index (χ1) is 6.72. The van der Waals surface area contributed by atoms with E-state index in [1.54, 1.807) is 0 Å². The van der Waals surface area contributed by atoms with Crippen molar-refractivity contribution >= 4 is 0 Å². The molecule has 74 valence electrons. The van der Waals surface area contributed by atoms with Gasteiger partial charge in [0, 0.05) is 12.2 Å². The van der Waals surface area contributed by atoms with Gasteiger partial charge in [-0.25, -0.2) is 0 Å². The molecule has 0 aliphatic rings. The van der Waals surface area contributed by atoms with E-state index in [0.29, 0.717) is 6.54 Å². The number of aromatic amines is 1. The number of hydrogen-bond donors (Lipinski definition) is 2. The molecule has 0 spiro atoms. The van der Waals surface area contributed by atoms with Crippen LogP contribution in [0.15, 0.2) is 16.5 Å². The molecule has 0 fully saturated rings. The molecule has 0 saturated heterocycles. The van der Waals surface area contributed by atoms with Gasteiger partial charge in [0.25, 0.3) is 0 Å². The van der Waals surface area contributed by atoms with Crippen molar-refractivity contribution in [3.8, 4) is 11.3 Å². The largest absolute Gasteiger partial charge is 0.461 e. The van der Waals surface area contributed by atoms with Crippen LogP contribution in [-0.2, 0) is 6.54 Å². The lowest BCUT2D eigenvalue weighted by Gasteiger charge is -1.97. The van der Waals surface area contributed by atoms with Crippen molar-refractivity contribution in [2.24, 2.45) is 5.73 Å². The summed E-state index contributed by atoms with van der Waals surface area (Å²) in [6.07, 6.45) is 0. The van der Waals surface area contributed by atoms with Gasteiger partial charge in [0.1, 0.15) is 11.5 Å². The molecular weight excluding hydrogens is 178 g/mol. The van der Waals surface area contributed by atoms with Gasteiger partial charge in [-0.05, 0) is 26.0 Å². The molecular formula is C10H13N3O. The summed E-state index contributed by atoms with van der Waals surface area (Å²) in [5, 5.41) is 7.02. The van der Waals surface area contributed by atoms with E-state index >= 15 is 0 Å². The van der Waals surface area contributed by atoms with Gasteiger partial charge in [0.2, 0.25) is 0 Å². The standard InChI is InChI=1S/C10H13N3O/c1-6-3-4-9(14-6)10-7(2)12-13-8(10)5-11/h3-4H,5,11H2,1-2H3,(H,12,13). The van der Waals surface area contributed by atoms with Crippen LogP contribution in [0, 0.1) is 13.8 Å². The van der Waals surface area contributed by atoms with E-state index in [2.05, 4.69) is 10.2 Å². The fraction of sp³-hybridized carbons (Fsp3) is 0.300. The van der Waals surface area contributed by atoms with Crippen molar-refractivity contribution in [3.05, 3.63) is 29.3 Å². The van der Waals surface area contributed by atoms with Crippen LogP contribution in [0.4, 0.5) is 0 Å². The Morgan fingerprint density at radius 3 is 2.79 bits per heavy atom. The number of aryl methyl sites for hydroxylation is 2. The molecule has 2 aromatic rings. The summed E-state index contributed by atoms with van der Waals surface area (Å²) in [5.41, 5.74) is 8.40. The monoisotopic (exact) mass is 191 g/mol. The third-order valence-electron chi connectivity index (χ3n) is 2.20. The van der Waals surface area contributed by atoms with Crippen molar-refractivity contribution in [2.45, 2.75) is 20.4 Å². The Morgan fingerprint density at radius 1 is 1.43 bits per heavy atom. The van der Waals surface area contributed by atoms with Gasteiger partial charge < -0.3 is 10.2 Å². The number of furan rings is 1. The van der Waals surface area contributed by atoms with Gasteiger partial charge in [-0.3, -0.25) is 5.10 Å². The minimum atomic E-state index is 0.416. The van der Waals surface area contributed by atoms with E-state index in [1.165, 1.54) is 0 Å². The van der Waals surface area contributed by atoms with Gasteiger partial charge in [-0.1, -0.05) is 0 Å². The first-order valence-corrected chi connectivity index (χ1v) is 4.53. The van der Waals surface area contributed by atoms with E-state index in [0.717, 1.165) is 28.5 Å². The maximum atomic E-state index is 5.58. The zero-order valence-electron chi connectivity index (χ0n) is 8.29. The molecule has 4 heteroatoms. The van der Waals surface area contributed by atoms with Crippen molar-refractivity contribution in [1.29, 1.82) is 0 Å². The van der Waals surface area contributed by atoms with Gasteiger partial charge >= 0.3 is 0 Å². The highest BCUT2D eigenvalue weighted by Gasteiger charge is 2.13. The van der Waals surface area contributed by atoms with Crippen LogP contribution in [0.25, 0.3) is 11.3 Å². The molecule has 0 radical (unpaired) electrons. The minimum Gasteiger partial charge on any atom is -0.461 e. The van der Waals surface area contributed by atoms with E-state index < -0.39 is 0 Å². The van der Waals surface area contributed by atoms with Crippen LogP contribution in [-0.4, -0.2) is 10.2 Å². The average Bonchev–Trinajstić information content (AvgIpc) is 2.71. The maximum Gasteiger partial charge on any atom is 0.138 e. The molecule has 2 heterocycles. The minimum absolute atomic E-state index is 0.416. The Hall–Kier alpha value is -1.55. The number of rotatable bonds is 2. The molecule has 0 bridgehead atoms. The number of nitrogens with zero attached hydrogens (tertiary/aromatic N) is 1. The third kappa shape index (κ3) is 1.33. The first kappa shape index (κ1) is 9.02. The first-order valence-electron chi connectivity index (χ1n) is 4.53. The summed E-state index contributed by atoms with van der Waals surface area (Å²) in [5.74, 6) is 1.72. The van der Waals surface area contributed by atoms with Gasteiger partial charge in [-0.15, -0.1) is 0 Å². The molecule has 0 saturated carbocycles. The molecule has 0 aromatic carbocycles. The molecule has 2 aromatic heterocycles. The lowest BCUT2D eigenvalue weighted by Crippen LogP contribution is -1.98.